The molecule has 0 saturated heterocycles. The summed E-state index contributed by atoms with van der Waals surface area (Å²) < 4.78 is 0. The van der Waals surface area contributed by atoms with E-state index in [9.17, 15) is 19.2 Å². The maximum atomic E-state index is 12.9. The number of rotatable bonds is 5. The van der Waals surface area contributed by atoms with Gasteiger partial charge in [-0.3, -0.25) is 19.2 Å². The van der Waals surface area contributed by atoms with Crippen LogP contribution in [0.4, 0.5) is 11.4 Å². The molecule has 8 nitrogen and oxygen atoms in total. The first-order valence-electron chi connectivity index (χ1n) is 12.2. The van der Waals surface area contributed by atoms with Gasteiger partial charge in [-0.2, -0.15) is 0 Å². The van der Waals surface area contributed by atoms with Gasteiger partial charge in [0.1, 0.15) is 0 Å². The topological polar surface area (TPSA) is 124 Å². The van der Waals surface area contributed by atoms with E-state index in [2.05, 4.69) is 20.6 Å². The predicted octanol–water partition coefficient (Wildman–Crippen LogP) is 5.46. The summed E-state index contributed by atoms with van der Waals surface area (Å²) in [7, 11) is 0. The Morgan fingerprint density at radius 1 is 0.538 bits per heavy atom. The number of anilines is 2. The predicted molar refractivity (Wildman–Crippen MR) is 158 cm³/mol. The first-order valence-corrected chi connectivity index (χ1v) is 12.2. The molecule has 0 atom stereocenters. The summed E-state index contributed by atoms with van der Waals surface area (Å²) in [6, 6.07) is 24.7. The summed E-state index contributed by atoms with van der Waals surface area (Å²) >= 11 is 0. The number of fused-ring (bicyclic) bond motifs is 4. The Kier molecular flexibility index (Phi) is 6.87. The number of aromatic nitrogens is 2. The van der Waals surface area contributed by atoms with Gasteiger partial charge in [-0.05, 0) is 60.7 Å². The molecule has 194 valence electrons. The maximum Gasteiger partial charge on any atom is 0.224 e. The minimum Gasteiger partial charge on any atom is -0.354 e. The number of para-hydroxylation sites is 2. The van der Waals surface area contributed by atoms with E-state index >= 15 is 0 Å². The molecule has 6 aromatic rings. The van der Waals surface area contributed by atoms with Gasteiger partial charge in [-0.25, -0.2) is 0 Å². The Hall–Kier alpha value is -4.95. The van der Waals surface area contributed by atoms with Gasteiger partial charge in [-0.15, -0.1) is 12.4 Å². The highest BCUT2D eigenvalue weighted by atomic mass is 35.5. The standard InChI is InChI=1S/C30H22N4O4.ClH/c35-27(31-17-9-11-25-21(15-17)29(37)19-5-1-3-7-23(19)33-25)13-14-28(36)32-18-10-12-26-22(16-18)30(38)20-6-2-4-8-24(20)34-26;/h1-12,15-16H,13-14H2,(H,31,35)(H,32,36)(H,33,37)(H,34,38);1H. The van der Waals surface area contributed by atoms with Crippen molar-refractivity contribution in [2.45, 2.75) is 12.8 Å². The molecule has 2 amide bonds. The van der Waals surface area contributed by atoms with Gasteiger partial charge >= 0.3 is 0 Å². The average molecular weight is 539 g/mol. The lowest BCUT2D eigenvalue weighted by molar-refractivity contribution is -0.121. The fourth-order valence-corrected chi connectivity index (χ4v) is 4.67. The summed E-state index contributed by atoms with van der Waals surface area (Å²) in [4.78, 5) is 57.3. The van der Waals surface area contributed by atoms with E-state index < -0.39 is 0 Å². The Labute approximate surface area is 227 Å². The molecule has 39 heavy (non-hydrogen) atoms. The lowest BCUT2D eigenvalue weighted by Crippen LogP contribution is -2.17. The number of carbonyl (C=O) groups is 2. The van der Waals surface area contributed by atoms with Gasteiger partial charge in [-0.1, -0.05) is 24.3 Å². The Morgan fingerprint density at radius 2 is 0.923 bits per heavy atom. The van der Waals surface area contributed by atoms with E-state index in [0.717, 1.165) is 11.0 Å². The van der Waals surface area contributed by atoms with Gasteiger partial charge in [0, 0.05) is 67.8 Å². The number of amides is 2. The number of halogens is 1. The molecule has 0 aliphatic rings. The molecular formula is C30H23ClN4O4. The quantitative estimate of drug-likeness (QED) is 0.218. The number of H-pyrrole nitrogens is 2. The van der Waals surface area contributed by atoms with Crippen molar-refractivity contribution < 1.29 is 9.59 Å². The monoisotopic (exact) mass is 538 g/mol. The lowest BCUT2D eigenvalue weighted by Gasteiger charge is -2.09. The molecule has 6 rings (SSSR count). The molecule has 0 spiro atoms. The molecule has 0 radical (unpaired) electrons. The molecule has 0 aliphatic heterocycles. The molecule has 2 aromatic heterocycles. The first kappa shape index (κ1) is 25.7. The molecule has 0 unspecified atom stereocenters. The fraction of sp³-hybridized carbons (Fsp3) is 0.0667. The van der Waals surface area contributed by atoms with Crippen molar-refractivity contribution in [1.82, 2.24) is 9.97 Å². The van der Waals surface area contributed by atoms with E-state index in [4.69, 9.17) is 0 Å². The van der Waals surface area contributed by atoms with Gasteiger partial charge in [0.25, 0.3) is 0 Å². The third-order valence-electron chi connectivity index (χ3n) is 6.56. The van der Waals surface area contributed by atoms with Crippen LogP contribution in [0, 0.1) is 0 Å². The highest BCUT2D eigenvalue weighted by Gasteiger charge is 2.12. The van der Waals surface area contributed by atoms with E-state index in [0.29, 0.717) is 44.0 Å². The second-order valence-electron chi connectivity index (χ2n) is 9.12. The van der Waals surface area contributed by atoms with E-state index in [1.807, 2.05) is 24.3 Å². The van der Waals surface area contributed by atoms with Crippen LogP contribution in [0.5, 0.6) is 0 Å². The molecule has 0 fully saturated rings. The van der Waals surface area contributed by atoms with Gasteiger partial charge in [0.05, 0.1) is 0 Å². The normalized spacial score (nSPS) is 11.0. The van der Waals surface area contributed by atoms with Crippen LogP contribution in [0.25, 0.3) is 43.6 Å². The third kappa shape index (κ3) is 4.97. The number of nitrogens with one attached hydrogen (secondary N) is 4. The second-order valence-corrected chi connectivity index (χ2v) is 9.12. The van der Waals surface area contributed by atoms with Crippen molar-refractivity contribution in [3.63, 3.8) is 0 Å². The van der Waals surface area contributed by atoms with Crippen LogP contribution in [0.2, 0.25) is 0 Å². The van der Waals surface area contributed by atoms with E-state index in [1.54, 1.807) is 60.7 Å². The van der Waals surface area contributed by atoms with Crippen LogP contribution >= 0.6 is 12.4 Å². The number of hydrogen-bond donors (Lipinski definition) is 4. The highest BCUT2D eigenvalue weighted by Crippen LogP contribution is 2.20. The largest absolute Gasteiger partial charge is 0.354 e. The second kappa shape index (κ2) is 10.4. The molecule has 0 saturated carbocycles. The zero-order valence-electron chi connectivity index (χ0n) is 20.5. The molecule has 9 heteroatoms. The summed E-state index contributed by atoms with van der Waals surface area (Å²) in [5.41, 5.74) is 3.56. The van der Waals surface area contributed by atoms with Crippen LogP contribution in [-0.4, -0.2) is 21.8 Å². The summed E-state index contributed by atoms with van der Waals surface area (Å²) in [6.07, 6.45) is -0.0898. The molecular weight excluding hydrogens is 516 g/mol. The number of carbonyl (C=O) groups excluding carboxylic acids is 2. The Balaban J connectivity index is 0.00000308. The lowest BCUT2D eigenvalue weighted by atomic mass is 10.1. The van der Waals surface area contributed by atoms with Crippen LogP contribution in [0.3, 0.4) is 0 Å². The van der Waals surface area contributed by atoms with Crippen LogP contribution in [0.1, 0.15) is 12.8 Å². The van der Waals surface area contributed by atoms with Crippen LogP contribution in [-0.2, 0) is 9.59 Å². The van der Waals surface area contributed by atoms with Crippen molar-refractivity contribution >= 4 is 79.2 Å². The smallest absolute Gasteiger partial charge is 0.224 e. The number of pyridine rings is 2. The average Bonchev–Trinajstić information content (AvgIpc) is 2.93. The number of benzene rings is 4. The highest BCUT2D eigenvalue weighted by molar-refractivity contribution is 6.00. The third-order valence-corrected chi connectivity index (χ3v) is 6.56. The minimum atomic E-state index is -0.349. The van der Waals surface area contributed by atoms with Gasteiger partial charge < -0.3 is 20.6 Å². The molecule has 4 aromatic carbocycles. The zero-order valence-corrected chi connectivity index (χ0v) is 21.4. The number of hydrogen-bond acceptors (Lipinski definition) is 4. The Bertz CT molecular complexity index is 1880. The van der Waals surface area contributed by atoms with Gasteiger partial charge in [0.2, 0.25) is 11.8 Å². The molecule has 4 N–H and O–H groups in total. The molecule has 2 heterocycles. The van der Waals surface area contributed by atoms with Gasteiger partial charge in [0.15, 0.2) is 10.9 Å². The summed E-state index contributed by atoms with van der Waals surface area (Å²) in [5, 5.41) is 7.61. The Morgan fingerprint density at radius 3 is 1.36 bits per heavy atom. The van der Waals surface area contributed by atoms with Crippen molar-refractivity contribution in [3.05, 3.63) is 105 Å². The van der Waals surface area contributed by atoms with Crippen LogP contribution in [0.15, 0.2) is 94.5 Å². The van der Waals surface area contributed by atoms with Crippen LogP contribution < -0.4 is 21.5 Å². The summed E-state index contributed by atoms with van der Waals surface area (Å²) in [5.74, 6) is -0.698. The molecule has 0 aliphatic carbocycles. The van der Waals surface area contributed by atoms with Crippen molar-refractivity contribution in [3.8, 4) is 0 Å². The SMILES string of the molecule is Cl.O=C(CCC(=O)Nc1ccc2[nH]c3ccccc3c(=O)c2c1)Nc1ccc2[nH]c3ccccc3c(=O)c2c1. The first-order chi connectivity index (χ1) is 18.5. The van der Waals surface area contributed by atoms with E-state index in [-0.39, 0.29) is 47.9 Å². The zero-order chi connectivity index (χ0) is 26.2. The van der Waals surface area contributed by atoms with E-state index in [1.165, 1.54) is 0 Å². The van der Waals surface area contributed by atoms with Crippen molar-refractivity contribution in [2.75, 3.05) is 10.6 Å². The number of aromatic amines is 2. The van der Waals surface area contributed by atoms with Crippen molar-refractivity contribution in [1.29, 1.82) is 0 Å². The van der Waals surface area contributed by atoms with Crippen molar-refractivity contribution in [2.24, 2.45) is 0 Å². The molecule has 0 bridgehead atoms. The minimum absolute atomic E-state index is 0. The maximum absolute atomic E-state index is 12.9. The fourth-order valence-electron chi connectivity index (χ4n) is 4.67. The summed E-state index contributed by atoms with van der Waals surface area (Å²) in [6.45, 7) is 0.